The van der Waals surface area contributed by atoms with Crippen molar-refractivity contribution in [3.8, 4) is 0 Å². The number of benzene rings is 2. The van der Waals surface area contributed by atoms with Crippen LogP contribution in [0.25, 0.3) is 0 Å². The van der Waals surface area contributed by atoms with Gasteiger partial charge in [-0.1, -0.05) is 30.0 Å². The number of halogens is 1. The third-order valence-corrected chi connectivity index (χ3v) is 5.15. The van der Waals surface area contributed by atoms with Crippen LogP contribution in [0.5, 0.6) is 0 Å². The largest absolute Gasteiger partial charge is 0.356 e. The van der Waals surface area contributed by atoms with Crippen LogP contribution in [-0.4, -0.2) is 12.5 Å². The van der Waals surface area contributed by atoms with Crippen LogP contribution in [-0.2, 0) is 11.2 Å². The summed E-state index contributed by atoms with van der Waals surface area (Å²) in [4.78, 5) is 13.2. The van der Waals surface area contributed by atoms with E-state index in [0.29, 0.717) is 6.54 Å². The smallest absolute Gasteiger partial charge is 0.216 e. The molecule has 1 aliphatic carbocycles. The minimum Gasteiger partial charge on any atom is -0.356 e. The Bertz CT molecular complexity index is 702. The summed E-state index contributed by atoms with van der Waals surface area (Å²) in [5.41, 5.74) is 1.88. The lowest BCUT2D eigenvalue weighted by atomic mass is 9.82. The third kappa shape index (κ3) is 3.94. The predicted molar refractivity (Wildman–Crippen MR) is 91.3 cm³/mol. The quantitative estimate of drug-likeness (QED) is 0.893. The molecule has 0 saturated heterocycles. The van der Waals surface area contributed by atoms with E-state index >= 15 is 0 Å². The molecule has 4 heteroatoms. The molecule has 2 aromatic carbocycles. The Morgan fingerprint density at radius 1 is 1.26 bits per heavy atom. The van der Waals surface area contributed by atoms with Crippen molar-refractivity contribution in [2.75, 3.05) is 6.54 Å². The Balaban J connectivity index is 1.85. The first-order valence-electron chi connectivity index (χ1n) is 7.93. The van der Waals surface area contributed by atoms with E-state index in [9.17, 15) is 9.18 Å². The molecule has 0 unspecified atom stereocenters. The summed E-state index contributed by atoms with van der Waals surface area (Å²) in [6.07, 6.45) is 2.87. The maximum absolute atomic E-state index is 14.7. The number of amides is 1. The standard InChI is InChI=1S/C19H20FNOS/c1-13(22)21-12-15-7-5-6-14-10-17(11-18(20)19(14)15)23-16-8-3-2-4-9-16/h2-4,8-11,15H,5-7,12H2,1H3,(H,21,22)/t15-/m0/s1. The highest BCUT2D eigenvalue weighted by atomic mass is 32.2. The van der Waals surface area contributed by atoms with Gasteiger partial charge in [0.15, 0.2) is 0 Å². The van der Waals surface area contributed by atoms with Gasteiger partial charge in [-0.3, -0.25) is 4.79 Å². The van der Waals surface area contributed by atoms with Crippen molar-refractivity contribution in [1.82, 2.24) is 5.32 Å². The zero-order valence-electron chi connectivity index (χ0n) is 13.1. The van der Waals surface area contributed by atoms with Crippen LogP contribution in [0.2, 0.25) is 0 Å². The first-order valence-corrected chi connectivity index (χ1v) is 8.75. The summed E-state index contributed by atoms with van der Waals surface area (Å²) in [6.45, 7) is 2.02. The number of fused-ring (bicyclic) bond motifs is 1. The van der Waals surface area contributed by atoms with Gasteiger partial charge in [-0.25, -0.2) is 4.39 Å². The minimum atomic E-state index is -0.143. The van der Waals surface area contributed by atoms with Crippen molar-refractivity contribution in [3.63, 3.8) is 0 Å². The van der Waals surface area contributed by atoms with E-state index in [1.165, 1.54) is 6.92 Å². The fourth-order valence-electron chi connectivity index (χ4n) is 3.15. The summed E-state index contributed by atoms with van der Waals surface area (Å²) < 4.78 is 14.7. The maximum atomic E-state index is 14.7. The van der Waals surface area contributed by atoms with Gasteiger partial charge in [-0.2, -0.15) is 0 Å². The molecule has 3 rings (SSSR count). The Kier molecular flexibility index (Phi) is 5.01. The van der Waals surface area contributed by atoms with Crippen molar-refractivity contribution >= 4 is 17.7 Å². The van der Waals surface area contributed by atoms with Crippen LogP contribution in [0.1, 0.15) is 36.8 Å². The van der Waals surface area contributed by atoms with Gasteiger partial charge in [0.25, 0.3) is 0 Å². The van der Waals surface area contributed by atoms with Crippen LogP contribution in [0, 0.1) is 5.82 Å². The lowest BCUT2D eigenvalue weighted by Crippen LogP contribution is -2.28. The molecule has 0 heterocycles. The van der Waals surface area contributed by atoms with Gasteiger partial charge >= 0.3 is 0 Å². The average Bonchev–Trinajstić information content (AvgIpc) is 2.53. The zero-order valence-corrected chi connectivity index (χ0v) is 14.0. The van der Waals surface area contributed by atoms with Gasteiger partial charge in [0.1, 0.15) is 5.82 Å². The molecule has 2 nitrogen and oxygen atoms in total. The van der Waals surface area contributed by atoms with Gasteiger partial charge in [0.05, 0.1) is 0 Å². The minimum absolute atomic E-state index is 0.0613. The van der Waals surface area contributed by atoms with Crippen LogP contribution in [0.3, 0.4) is 0 Å². The number of aryl methyl sites for hydroxylation is 1. The van der Waals surface area contributed by atoms with Gasteiger partial charge in [0.2, 0.25) is 5.91 Å². The Labute approximate surface area is 140 Å². The van der Waals surface area contributed by atoms with E-state index in [4.69, 9.17) is 0 Å². The molecule has 0 fully saturated rings. The molecule has 2 aromatic rings. The summed E-state index contributed by atoms with van der Waals surface area (Å²) in [7, 11) is 0. The van der Waals surface area contributed by atoms with Gasteiger partial charge in [0, 0.05) is 29.2 Å². The Morgan fingerprint density at radius 3 is 2.78 bits per heavy atom. The van der Waals surface area contributed by atoms with E-state index in [2.05, 4.69) is 11.4 Å². The lowest BCUT2D eigenvalue weighted by Gasteiger charge is -2.26. The average molecular weight is 329 g/mol. The molecule has 0 spiro atoms. The van der Waals surface area contributed by atoms with E-state index in [0.717, 1.165) is 40.2 Å². The fourth-order valence-corrected chi connectivity index (χ4v) is 4.08. The van der Waals surface area contributed by atoms with Crippen molar-refractivity contribution in [2.45, 2.75) is 41.9 Å². The monoisotopic (exact) mass is 329 g/mol. The number of hydrogen-bond donors (Lipinski definition) is 1. The highest BCUT2D eigenvalue weighted by Crippen LogP contribution is 2.37. The van der Waals surface area contributed by atoms with Crippen LogP contribution >= 0.6 is 11.8 Å². The highest BCUT2D eigenvalue weighted by Gasteiger charge is 2.24. The maximum Gasteiger partial charge on any atom is 0.216 e. The number of hydrogen-bond acceptors (Lipinski definition) is 2. The van der Waals surface area contributed by atoms with E-state index in [1.807, 2.05) is 30.3 Å². The Hall–Kier alpha value is -1.81. The third-order valence-electron chi connectivity index (χ3n) is 4.17. The molecule has 0 saturated carbocycles. The second-order valence-electron chi connectivity index (χ2n) is 5.92. The summed E-state index contributed by atoms with van der Waals surface area (Å²) in [5, 5.41) is 2.83. The van der Waals surface area contributed by atoms with E-state index < -0.39 is 0 Å². The molecule has 1 atom stereocenters. The molecule has 0 aliphatic heterocycles. The highest BCUT2D eigenvalue weighted by molar-refractivity contribution is 7.99. The molecule has 0 aromatic heterocycles. The first kappa shape index (κ1) is 16.1. The van der Waals surface area contributed by atoms with E-state index in [1.54, 1.807) is 17.8 Å². The normalized spacial score (nSPS) is 16.7. The van der Waals surface area contributed by atoms with Crippen LogP contribution < -0.4 is 5.32 Å². The zero-order chi connectivity index (χ0) is 16.2. The number of carbonyl (C=O) groups excluding carboxylic acids is 1. The topological polar surface area (TPSA) is 29.1 Å². The molecule has 23 heavy (non-hydrogen) atoms. The second-order valence-corrected chi connectivity index (χ2v) is 7.07. The molecule has 0 bridgehead atoms. The SMILES string of the molecule is CC(=O)NC[C@@H]1CCCc2cc(Sc3ccccc3)cc(F)c21. The molecule has 1 N–H and O–H groups in total. The lowest BCUT2D eigenvalue weighted by molar-refractivity contribution is -0.119. The fraction of sp³-hybridized carbons (Fsp3) is 0.316. The van der Waals surface area contributed by atoms with Crippen molar-refractivity contribution in [2.24, 2.45) is 0 Å². The van der Waals surface area contributed by atoms with Gasteiger partial charge < -0.3 is 5.32 Å². The van der Waals surface area contributed by atoms with Gasteiger partial charge in [-0.05, 0) is 54.7 Å². The van der Waals surface area contributed by atoms with Crippen LogP contribution in [0.4, 0.5) is 4.39 Å². The van der Waals surface area contributed by atoms with Crippen molar-refractivity contribution in [1.29, 1.82) is 0 Å². The second kappa shape index (κ2) is 7.18. The van der Waals surface area contributed by atoms with E-state index in [-0.39, 0.29) is 17.6 Å². The molecule has 1 aliphatic rings. The molecule has 0 radical (unpaired) electrons. The number of carbonyl (C=O) groups is 1. The summed E-state index contributed by atoms with van der Waals surface area (Å²) in [6, 6.07) is 13.7. The summed E-state index contributed by atoms with van der Waals surface area (Å²) in [5.74, 6) is -0.122. The van der Waals surface area contributed by atoms with Crippen molar-refractivity contribution in [3.05, 3.63) is 59.4 Å². The molecular weight excluding hydrogens is 309 g/mol. The molecular formula is C19H20FNOS. The van der Waals surface area contributed by atoms with Crippen LogP contribution in [0.15, 0.2) is 52.3 Å². The predicted octanol–water partition coefficient (Wildman–Crippen LogP) is 4.53. The summed E-state index contributed by atoms with van der Waals surface area (Å²) >= 11 is 1.58. The first-order chi connectivity index (χ1) is 11.1. The van der Waals surface area contributed by atoms with Crippen molar-refractivity contribution < 1.29 is 9.18 Å². The number of nitrogens with one attached hydrogen (secondary N) is 1. The molecule has 120 valence electrons. The Morgan fingerprint density at radius 2 is 2.04 bits per heavy atom. The number of rotatable bonds is 4. The van der Waals surface area contributed by atoms with Gasteiger partial charge in [-0.15, -0.1) is 0 Å². The molecule has 1 amide bonds.